The molecule has 0 fully saturated rings. The second-order valence-electron chi connectivity index (χ2n) is 2.47. The summed E-state index contributed by atoms with van der Waals surface area (Å²) >= 11 is 0.500. The Hall–Kier alpha value is 0.129. The van der Waals surface area contributed by atoms with Gasteiger partial charge < -0.3 is 0 Å². The summed E-state index contributed by atoms with van der Waals surface area (Å²) in [6.45, 7) is 0. The van der Waals surface area contributed by atoms with Gasteiger partial charge in [0.1, 0.15) is 0 Å². The molecule has 1 aliphatic rings. The molecule has 0 aliphatic heterocycles. The van der Waals surface area contributed by atoms with E-state index in [2.05, 4.69) is 35.2 Å². The van der Waals surface area contributed by atoms with Crippen molar-refractivity contribution in [3.05, 3.63) is 24.3 Å². The molecule has 0 aromatic heterocycles. The van der Waals surface area contributed by atoms with E-state index in [0.717, 1.165) is 0 Å². The van der Waals surface area contributed by atoms with E-state index < -0.39 is 0 Å². The predicted molar refractivity (Wildman–Crippen MR) is 48.5 cm³/mol. The number of hydrogen-bond acceptors (Lipinski definition) is 0. The molecule has 0 atom stereocenters. The van der Waals surface area contributed by atoms with Gasteiger partial charge >= 0.3 is 28.6 Å². The van der Waals surface area contributed by atoms with Gasteiger partial charge in [0.25, 0.3) is 0 Å². The molecular formula is C10H18Ir. The van der Waals surface area contributed by atoms with Crippen LogP contribution in [-0.4, -0.2) is 0 Å². The SMILES string of the molecule is C1=CCCCCC=C1.[CH3][Ir][CH3]. The van der Waals surface area contributed by atoms with Crippen molar-refractivity contribution in [3.63, 3.8) is 0 Å². The zero-order valence-electron chi connectivity index (χ0n) is 7.47. The third-order valence-electron chi connectivity index (χ3n) is 1.37. The van der Waals surface area contributed by atoms with Gasteiger partial charge in [-0.15, -0.1) is 0 Å². The van der Waals surface area contributed by atoms with E-state index in [1.807, 2.05) is 0 Å². The first kappa shape index (κ1) is 11.1. The van der Waals surface area contributed by atoms with Crippen LogP contribution in [-0.2, 0) is 17.7 Å². The van der Waals surface area contributed by atoms with E-state index in [9.17, 15) is 0 Å². The van der Waals surface area contributed by atoms with E-state index in [0.29, 0.717) is 17.7 Å². The summed E-state index contributed by atoms with van der Waals surface area (Å²) in [6.07, 6.45) is 14.0. The summed E-state index contributed by atoms with van der Waals surface area (Å²) in [7, 11) is 0. The Labute approximate surface area is 78.7 Å². The molecule has 11 heavy (non-hydrogen) atoms. The quantitative estimate of drug-likeness (QED) is 0.633. The van der Waals surface area contributed by atoms with Crippen molar-refractivity contribution in [2.75, 3.05) is 0 Å². The van der Waals surface area contributed by atoms with Crippen LogP contribution in [0.3, 0.4) is 0 Å². The Morgan fingerprint density at radius 2 is 1.27 bits per heavy atom. The fourth-order valence-corrected chi connectivity index (χ4v) is 0.874. The molecule has 0 aromatic carbocycles. The monoisotopic (exact) mass is 331 g/mol. The molecule has 1 aliphatic carbocycles. The second-order valence-corrected chi connectivity index (χ2v) is 4.87. The maximum atomic E-state index is 2.25. The topological polar surface area (TPSA) is 0 Å². The third-order valence-corrected chi connectivity index (χ3v) is 1.37. The van der Waals surface area contributed by atoms with Crippen LogP contribution in [0.2, 0.25) is 10.9 Å². The van der Waals surface area contributed by atoms with Gasteiger partial charge in [0.2, 0.25) is 0 Å². The Morgan fingerprint density at radius 3 is 1.64 bits per heavy atom. The van der Waals surface area contributed by atoms with Gasteiger partial charge in [-0.05, 0) is 25.7 Å². The molecule has 67 valence electrons. The van der Waals surface area contributed by atoms with E-state index >= 15 is 0 Å². The van der Waals surface area contributed by atoms with Crippen LogP contribution in [0.1, 0.15) is 25.7 Å². The van der Waals surface area contributed by atoms with E-state index in [1.165, 1.54) is 25.7 Å². The molecule has 0 saturated carbocycles. The van der Waals surface area contributed by atoms with Crippen molar-refractivity contribution in [2.24, 2.45) is 0 Å². The van der Waals surface area contributed by atoms with Crippen molar-refractivity contribution < 1.29 is 17.7 Å². The average molecular weight is 330 g/mol. The van der Waals surface area contributed by atoms with E-state index in [4.69, 9.17) is 0 Å². The molecule has 0 amide bonds. The van der Waals surface area contributed by atoms with E-state index in [-0.39, 0.29) is 0 Å². The number of allylic oxidation sites excluding steroid dienone is 4. The first-order valence-corrected chi connectivity index (χ1v) is 8.77. The summed E-state index contributed by atoms with van der Waals surface area (Å²) in [4.78, 5) is 0. The summed E-state index contributed by atoms with van der Waals surface area (Å²) < 4.78 is 0. The second kappa shape index (κ2) is 10.1. The predicted octanol–water partition coefficient (Wildman–Crippen LogP) is 3.84. The molecule has 0 radical (unpaired) electrons. The van der Waals surface area contributed by atoms with Crippen LogP contribution in [0.5, 0.6) is 0 Å². The van der Waals surface area contributed by atoms with Gasteiger partial charge in [-0.2, -0.15) is 0 Å². The van der Waals surface area contributed by atoms with Crippen LogP contribution in [0, 0.1) is 0 Å². The van der Waals surface area contributed by atoms with Crippen LogP contribution >= 0.6 is 0 Å². The molecule has 0 aromatic rings. The minimum absolute atomic E-state index is 0.500. The summed E-state index contributed by atoms with van der Waals surface area (Å²) in [5.41, 5.74) is 4.50. The third kappa shape index (κ3) is 10.1. The molecule has 0 nitrogen and oxygen atoms in total. The van der Waals surface area contributed by atoms with Crippen LogP contribution in [0.25, 0.3) is 0 Å². The summed E-state index contributed by atoms with van der Waals surface area (Å²) in [5, 5.41) is 0. The van der Waals surface area contributed by atoms with Crippen molar-refractivity contribution in [2.45, 2.75) is 36.6 Å². The van der Waals surface area contributed by atoms with Gasteiger partial charge in [-0.1, -0.05) is 24.3 Å². The molecule has 0 N–H and O–H groups in total. The molecule has 0 saturated heterocycles. The molecule has 0 bridgehead atoms. The maximum absolute atomic E-state index is 2.25. The Morgan fingerprint density at radius 1 is 0.909 bits per heavy atom. The van der Waals surface area contributed by atoms with Crippen molar-refractivity contribution in [3.8, 4) is 0 Å². The van der Waals surface area contributed by atoms with Crippen LogP contribution < -0.4 is 0 Å². The first-order chi connectivity index (χ1) is 5.41. The Balaban J connectivity index is 0.000000292. The van der Waals surface area contributed by atoms with Gasteiger partial charge in [0.15, 0.2) is 0 Å². The molecule has 1 rings (SSSR count). The normalized spacial score (nSPS) is 16.5. The summed E-state index contributed by atoms with van der Waals surface area (Å²) in [5.74, 6) is 0. The van der Waals surface area contributed by atoms with Crippen molar-refractivity contribution in [1.82, 2.24) is 0 Å². The molecular weight excluding hydrogens is 312 g/mol. The van der Waals surface area contributed by atoms with Gasteiger partial charge in [-0.25, -0.2) is 0 Å². The fourth-order valence-electron chi connectivity index (χ4n) is 0.874. The molecule has 0 heterocycles. The Bertz CT molecular complexity index is 100. The number of hydrogen-bond donors (Lipinski definition) is 0. The van der Waals surface area contributed by atoms with Crippen molar-refractivity contribution >= 4 is 0 Å². The zero-order valence-corrected chi connectivity index (χ0v) is 9.87. The molecule has 0 unspecified atom stereocenters. The molecule has 0 spiro atoms. The van der Waals surface area contributed by atoms with Gasteiger partial charge in [0, 0.05) is 0 Å². The first-order valence-electron chi connectivity index (χ1n) is 3.98. The standard InChI is InChI=1S/C8H12.2CH3.Ir/c1-2-4-6-8-7-5-3-1;;;/h1-4H,5-8H2;2*1H3;. The summed E-state index contributed by atoms with van der Waals surface area (Å²) in [6, 6.07) is 0. The van der Waals surface area contributed by atoms with E-state index in [1.54, 1.807) is 0 Å². The zero-order chi connectivity index (χ0) is 8.36. The van der Waals surface area contributed by atoms with Gasteiger partial charge in [-0.3, -0.25) is 0 Å². The van der Waals surface area contributed by atoms with Crippen LogP contribution in [0.4, 0.5) is 0 Å². The Kier molecular flexibility index (Phi) is 10.2. The fraction of sp³-hybridized carbons (Fsp3) is 0.600. The van der Waals surface area contributed by atoms with Crippen molar-refractivity contribution in [1.29, 1.82) is 0 Å². The number of rotatable bonds is 0. The molecule has 1 heteroatoms. The van der Waals surface area contributed by atoms with Crippen LogP contribution in [0.15, 0.2) is 24.3 Å². The average Bonchev–Trinajstić information content (AvgIpc) is 1.86. The van der Waals surface area contributed by atoms with Gasteiger partial charge in [0.05, 0.1) is 0 Å². The minimum atomic E-state index is 0.500.